The predicted molar refractivity (Wildman–Crippen MR) is 129 cm³/mol. The van der Waals surface area contributed by atoms with Crippen molar-refractivity contribution in [2.75, 3.05) is 13.2 Å². The summed E-state index contributed by atoms with van der Waals surface area (Å²) in [5.74, 6) is -0.979. The van der Waals surface area contributed by atoms with Crippen LogP contribution in [0.25, 0.3) is 11.1 Å². The number of carboxylic acid groups (broad SMARTS) is 1. The quantitative estimate of drug-likeness (QED) is 0.409. The first-order valence-electron chi connectivity index (χ1n) is 11.0. The highest BCUT2D eigenvalue weighted by atomic mass is 16.5. The second-order valence-electron chi connectivity index (χ2n) is 7.21. The molecule has 4 N–H and O–H groups in total. The number of amides is 1. The zero-order valence-corrected chi connectivity index (χ0v) is 18.9. The molecule has 0 bridgehead atoms. The van der Waals surface area contributed by atoms with Gasteiger partial charge in [0.2, 0.25) is 0 Å². The lowest BCUT2D eigenvalue weighted by Crippen LogP contribution is -2.24. The Kier molecular flexibility index (Phi) is 11.1. The van der Waals surface area contributed by atoms with E-state index in [1.807, 2.05) is 49.4 Å². The van der Waals surface area contributed by atoms with Crippen molar-refractivity contribution in [2.24, 2.45) is 5.73 Å². The van der Waals surface area contributed by atoms with E-state index < -0.39 is 12.1 Å². The van der Waals surface area contributed by atoms with Crippen LogP contribution in [0, 0.1) is 0 Å². The van der Waals surface area contributed by atoms with Crippen LogP contribution >= 0.6 is 0 Å². The Balaban J connectivity index is 0.000000357. The average molecular weight is 450 g/mol. The molecule has 7 heteroatoms. The summed E-state index contributed by atoms with van der Waals surface area (Å²) in [5.41, 5.74) is 8.86. The molecule has 33 heavy (non-hydrogen) atoms. The van der Waals surface area contributed by atoms with Gasteiger partial charge in [0.1, 0.15) is 0 Å². The van der Waals surface area contributed by atoms with Crippen molar-refractivity contribution in [3.8, 4) is 11.1 Å². The Bertz CT molecular complexity index is 1010. The van der Waals surface area contributed by atoms with E-state index >= 15 is 0 Å². The Morgan fingerprint density at radius 1 is 1.00 bits per heavy atom. The SMILES string of the molecule is CCCCOC(=O)NCc1ccccc1-c1ccccc1C(=O)O.NCCc1ccccn1. The van der Waals surface area contributed by atoms with Crippen molar-refractivity contribution in [2.45, 2.75) is 32.7 Å². The third-order valence-electron chi connectivity index (χ3n) is 4.75. The third-order valence-corrected chi connectivity index (χ3v) is 4.75. The number of aromatic carboxylic acids is 1. The molecule has 0 unspecified atom stereocenters. The molecule has 7 nitrogen and oxygen atoms in total. The summed E-state index contributed by atoms with van der Waals surface area (Å²) in [4.78, 5) is 27.2. The number of rotatable bonds is 9. The van der Waals surface area contributed by atoms with Gasteiger partial charge in [-0.15, -0.1) is 0 Å². The number of nitrogens with one attached hydrogen (secondary N) is 1. The Hall–Kier alpha value is -3.71. The number of aromatic nitrogens is 1. The highest BCUT2D eigenvalue weighted by molar-refractivity contribution is 5.96. The number of hydrogen-bond acceptors (Lipinski definition) is 5. The van der Waals surface area contributed by atoms with E-state index in [-0.39, 0.29) is 12.1 Å². The molecule has 0 saturated heterocycles. The molecule has 0 radical (unpaired) electrons. The molecule has 3 aromatic rings. The molecule has 0 aliphatic heterocycles. The van der Waals surface area contributed by atoms with Crippen LogP contribution in [0.4, 0.5) is 4.79 Å². The Morgan fingerprint density at radius 2 is 1.70 bits per heavy atom. The molecule has 0 aliphatic rings. The zero-order valence-electron chi connectivity index (χ0n) is 18.9. The van der Waals surface area contributed by atoms with Gasteiger partial charge < -0.3 is 20.9 Å². The maximum absolute atomic E-state index is 11.7. The highest BCUT2D eigenvalue weighted by Crippen LogP contribution is 2.27. The summed E-state index contributed by atoms with van der Waals surface area (Å²) in [7, 11) is 0. The van der Waals surface area contributed by atoms with Crippen LogP contribution < -0.4 is 11.1 Å². The molecule has 1 heterocycles. The van der Waals surface area contributed by atoms with E-state index in [1.165, 1.54) is 0 Å². The van der Waals surface area contributed by atoms with E-state index in [2.05, 4.69) is 10.3 Å². The third kappa shape index (κ3) is 8.74. The topological polar surface area (TPSA) is 115 Å². The minimum Gasteiger partial charge on any atom is -0.478 e. The van der Waals surface area contributed by atoms with Crippen LogP contribution in [-0.2, 0) is 17.7 Å². The van der Waals surface area contributed by atoms with E-state index in [1.54, 1.807) is 30.5 Å². The van der Waals surface area contributed by atoms with Gasteiger partial charge in [-0.1, -0.05) is 61.9 Å². The molecular formula is C26H31N3O4. The van der Waals surface area contributed by atoms with E-state index in [0.29, 0.717) is 18.7 Å². The standard InChI is InChI=1S/C19H21NO4.C7H10N2/c1-2-3-12-24-19(23)20-13-14-8-4-5-9-15(14)16-10-6-7-11-17(16)18(21)22;8-5-4-7-3-1-2-6-9-7/h4-11H,2-3,12-13H2,1H3,(H,20,23)(H,21,22);1-3,6H,4-5,8H2. The number of nitrogens with zero attached hydrogens (tertiary/aromatic N) is 1. The molecule has 0 aliphatic carbocycles. The number of carboxylic acids is 1. The Morgan fingerprint density at radius 3 is 2.36 bits per heavy atom. The average Bonchev–Trinajstić information content (AvgIpc) is 2.84. The van der Waals surface area contributed by atoms with Crippen LogP contribution in [-0.4, -0.2) is 35.3 Å². The lowest BCUT2D eigenvalue weighted by molar-refractivity contribution is 0.0697. The number of carbonyl (C=O) groups excluding carboxylic acids is 1. The van der Waals surface area contributed by atoms with Gasteiger partial charge in [0.05, 0.1) is 12.2 Å². The van der Waals surface area contributed by atoms with Crippen LogP contribution in [0.1, 0.15) is 41.4 Å². The normalized spacial score (nSPS) is 10.0. The van der Waals surface area contributed by atoms with Crippen molar-refractivity contribution in [3.05, 3.63) is 89.7 Å². The van der Waals surface area contributed by atoms with Gasteiger partial charge in [-0.25, -0.2) is 9.59 Å². The second-order valence-corrected chi connectivity index (χ2v) is 7.21. The van der Waals surface area contributed by atoms with Gasteiger partial charge in [0, 0.05) is 24.9 Å². The number of nitrogens with two attached hydrogens (primary N) is 1. The monoisotopic (exact) mass is 449 g/mol. The largest absolute Gasteiger partial charge is 0.478 e. The summed E-state index contributed by atoms with van der Waals surface area (Å²) in [6.45, 7) is 3.37. The molecule has 2 aromatic carbocycles. The van der Waals surface area contributed by atoms with Gasteiger partial charge in [-0.3, -0.25) is 4.98 Å². The molecule has 1 amide bonds. The first-order valence-corrected chi connectivity index (χ1v) is 11.0. The first-order chi connectivity index (χ1) is 16.1. The molecule has 0 atom stereocenters. The lowest BCUT2D eigenvalue weighted by Gasteiger charge is -2.13. The van der Waals surface area contributed by atoms with Crippen molar-refractivity contribution in [1.82, 2.24) is 10.3 Å². The Labute approximate surface area is 194 Å². The van der Waals surface area contributed by atoms with Crippen molar-refractivity contribution in [3.63, 3.8) is 0 Å². The van der Waals surface area contributed by atoms with E-state index in [0.717, 1.165) is 36.1 Å². The number of benzene rings is 2. The number of ether oxygens (including phenoxy) is 1. The van der Waals surface area contributed by atoms with Gasteiger partial charge in [-0.2, -0.15) is 0 Å². The van der Waals surface area contributed by atoms with E-state index in [4.69, 9.17) is 10.5 Å². The summed E-state index contributed by atoms with van der Waals surface area (Å²) >= 11 is 0. The zero-order chi connectivity index (χ0) is 23.9. The fraction of sp³-hybridized carbons (Fsp3) is 0.269. The second kappa shape index (κ2) is 14.4. The van der Waals surface area contributed by atoms with Crippen molar-refractivity contribution in [1.29, 1.82) is 0 Å². The number of alkyl carbamates (subject to hydrolysis) is 1. The number of carbonyl (C=O) groups is 2. The van der Waals surface area contributed by atoms with Crippen LogP contribution in [0.5, 0.6) is 0 Å². The smallest absolute Gasteiger partial charge is 0.407 e. The van der Waals surface area contributed by atoms with Gasteiger partial charge in [0.15, 0.2) is 0 Å². The summed E-state index contributed by atoms with van der Waals surface area (Å²) < 4.78 is 5.07. The van der Waals surface area contributed by atoms with Gasteiger partial charge in [0.25, 0.3) is 0 Å². The molecule has 0 fully saturated rings. The predicted octanol–water partition coefficient (Wildman–Crippen LogP) is 4.66. The van der Waals surface area contributed by atoms with Crippen molar-refractivity contribution >= 4 is 12.1 Å². The first kappa shape index (κ1) is 25.5. The number of pyridine rings is 1. The van der Waals surface area contributed by atoms with Crippen molar-refractivity contribution < 1.29 is 19.4 Å². The number of unbranched alkanes of at least 4 members (excludes halogenated alkanes) is 1. The molecule has 1 aromatic heterocycles. The van der Waals surface area contributed by atoms with Crippen LogP contribution in [0.15, 0.2) is 72.9 Å². The van der Waals surface area contributed by atoms with Crippen LogP contribution in [0.3, 0.4) is 0 Å². The molecule has 0 saturated carbocycles. The highest BCUT2D eigenvalue weighted by Gasteiger charge is 2.14. The molecular weight excluding hydrogens is 418 g/mol. The summed E-state index contributed by atoms with van der Waals surface area (Å²) in [6.07, 6.45) is 3.98. The minimum atomic E-state index is -0.979. The summed E-state index contributed by atoms with van der Waals surface area (Å²) in [5, 5.41) is 12.1. The maximum atomic E-state index is 11.7. The minimum absolute atomic E-state index is 0.232. The maximum Gasteiger partial charge on any atom is 0.407 e. The molecule has 3 rings (SSSR count). The van der Waals surface area contributed by atoms with Gasteiger partial charge in [-0.05, 0) is 47.9 Å². The van der Waals surface area contributed by atoms with Gasteiger partial charge >= 0.3 is 12.1 Å². The van der Waals surface area contributed by atoms with Crippen LogP contribution in [0.2, 0.25) is 0 Å². The fourth-order valence-electron chi connectivity index (χ4n) is 3.06. The fourth-order valence-corrected chi connectivity index (χ4v) is 3.06. The molecule has 0 spiro atoms. The van der Waals surface area contributed by atoms with E-state index in [9.17, 15) is 14.7 Å². The summed E-state index contributed by atoms with van der Waals surface area (Å²) in [6, 6.07) is 20.1. The molecule has 174 valence electrons. The number of hydrogen-bond donors (Lipinski definition) is 3. The lowest BCUT2D eigenvalue weighted by atomic mass is 9.95.